The first-order valence-corrected chi connectivity index (χ1v) is 12.5. The zero-order chi connectivity index (χ0) is 27.2. The standard InChI is InChI=1S/C23H12Cl6FN3O4/c24-15-2-1-11(8-14(15)21(34)32-12-5-10(30)6-13(7-12)33(36)37)31-22(35)19-18(23(19,28)29)9-3-16(25)20(27)17(26)4-9/h1-8,18-19H,(H2-,31,32,34,35,36,37)/p+1/t18-,19+/m0/s1. The molecule has 4 rings (SSSR count). The maximum absolute atomic E-state index is 13.7. The molecule has 0 spiro atoms. The van der Waals surface area contributed by atoms with E-state index >= 15 is 0 Å². The Morgan fingerprint density at radius 3 is 2.16 bits per heavy atom. The summed E-state index contributed by atoms with van der Waals surface area (Å²) in [5, 5.41) is 14.6. The van der Waals surface area contributed by atoms with E-state index < -0.39 is 44.4 Å². The molecule has 3 aromatic carbocycles. The Hall–Kier alpha value is -2.33. The molecule has 1 saturated carbocycles. The first kappa shape index (κ1) is 27.7. The van der Waals surface area contributed by atoms with Crippen LogP contribution in [0.1, 0.15) is 21.8 Å². The molecule has 0 bridgehead atoms. The second kappa shape index (κ2) is 10.4. The summed E-state index contributed by atoms with van der Waals surface area (Å²) in [4.78, 5) is 36.3. The molecular formula is C23H13Cl6FN3O4+. The van der Waals surface area contributed by atoms with Gasteiger partial charge in [-0.1, -0.05) is 46.4 Å². The SMILES string of the molecule is O=C(Nc1cc(F)cc([N+](=O)O)c1)c1cc(NC(=O)[C@H]2[C@H](c3cc(Cl)c(Cl)c(Cl)c3)C2(Cl)Cl)ccc1Cl. The fraction of sp³-hybridized carbons (Fsp3) is 0.130. The molecule has 0 unspecified atom stereocenters. The molecule has 7 nitrogen and oxygen atoms in total. The third kappa shape index (κ3) is 5.74. The molecule has 0 aromatic heterocycles. The van der Waals surface area contributed by atoms with Crippen molar-refractivity contribution in [2.45, 2.75) is 10.3 Å². The largest absolute Gasteiger partial charge is 0.326 e. The molecule has 0 heterocycles. The van der Waals surface area contributed by atoms with E-state index in [9.17, 15) is 18.9 Å². The minimum Gasteiger partial charge on any atom is -0.326 e. The number of benzene rings is 3. The van der Waals surface area contributed by atoms with E-state index in [-0.39, 0.29) is 37.0 Å². The number of alkyl halides is 2. The molecule has 0 saturated heterocycles. The summed E-state index contributed by atoms with van der Waals surface area (Å²) in [6.45, 7) is 0. The smallest absolute Gasteiger partial charge is 0.321 e. The van der Waals surface area contributed by atoms with Gasteiger partial charge in [0.25, 0.3) is 10.8 Å². The summed E-state index contributed by atoms with van der Waals surface area (Å²) in [5.74, 6) is -3.70. The van der Waals surface area contributed by atoms with Crippen LogP contribution in [0.4, 0.5) is 21.5 Å². The molecule has 3 aromatic rings. The molecule has 1 aliphatic rings. The molecular weight excluding hydrogens is 614 g/mol. The van der Waals surface area contributed by atoms with Crippen LogP contribution in [0, 0.1) is 16.6 Å². The van der Waals surface area contributed by atoms with Crippen molar-refractivity contribution in [3.63, 3.8) is 0 Å². The van der Waals surface area contributed by atoms with Crippen LogP contribution in [0.2, 0.25) is 20.1 Å². The molecule has 14 heteroatoms. The van der Waals surface area contributed by atoms with Crippen LogP contribution in [0.5, 0.6) is 0 Å². The van der Waals surface area contributed by atoms with Crippen molar-refractivity contribution < 1.29 is 24.1 Å². The maximum atomic E-state index is 13.7. The van der Waals surface area contributed by atoms with Crippen LogP contribution >= 0.6 is 69.6 Å². The minimum atomic E-state index is -1.45. The number of halogens is 7. The number of rotatable bonds is 6. The van der Waals surface area contributed by atoms with Crippen molar-refractivity contribution in [1.82, 2.24) is 0 Å². The van der Waals surface area contributed by atoms with Crippen LogP contribution in [-0.2, 0) is 4.79 Å². The Balaban J connectivity index is 1.53. The third-order valence-electron chi connectivity index (χ3n) is 5.54. The van der Waals surface area contributed by atoms with E-state index in [4.69, 9.17) is 74.8 Å². The fourth-order valence-electron chi connectivity index (χ4n) is 3.77. The van der Waals surface area contributed by atoms with Gasteiger partial charge in [0.1, 0.15) is 10.2 Å². The number of hydrogen-bond acceptors (Lipinski definition) is 3. The van der Waals surface area contributed by atoms with Gasteiger partial charge in [0.15, 0.2) is 0 Å². The van der Waals surface area contributed by atoms with Crippen molar-refractivity contribution >= 4 is 98.5 Å². The average Bonchev–Trinajstić information content (AvgIpc) is 3.39. The normalized spacial score (nSPS) is 17.7. The van der Waals surface area contributed by atoms with Gasteiger partial charge in [-0.2, -0.15) is 0 Å². The molecule has 3 N–H and O–H groups in total. The minimum absolute atomic E-state index is 0.0264. The van der Waals surface area contributed by atoms with Gasteiger partial charge >= 0.3 is 5.69 Å². The summed E-state index contributed by atoms with van der Waals surface area (Å²) >= 11 is 37.1. The first-order chi connectivity index (χ1) is 17.3. The van der Waals surface area contributed by atoms with E-state index in [1.165, 1.54) is 30.3 Å². The summed E-state index contributed by atoms with van der Waals surface area (Å²) in [7, 11) is 0. The Morgan fingerprint density at radius 2 is 1.54 bits per heavy atom. The summed E-state index contributed by atoms with van der Waals surface area (Å²) in [6.07, 6.45) is 0. The van der Waals surface area contributed by atoms with Gasteiger partial charge in [-0.25, -0.2) is 9.60 Å². The predicted molar refractivity (Wildman–Crippen MR) is 142 cm³/mol. The monoisotopic (exact) mass is 624 g/mol. The quantitative estimate of drug-likeness (QED) is 0.147. The van der Waals surface area contributed by atoms with Crippen LogP contribution < -0.4 is 10.6 Å². The average molecular weight is 627 g/mol. The molecule has 37 heavy (non-hydrogen) atoms. The predicted octanol–water partition coefficient (Wildman–Crippen LogP) is 8.02. The van der Waals surface area contributed by atoms with Crippen molar-refractivity contribution in [3.05, 3.63) is 90.5 Å². The second-order valence-corrected chi connectivity index (χ2v) is 11.1. The zero-order valence-electron chi connectivity index (χ0n) is 18.0. The summed E-state index contributed by atoms with van der Waals surface area (Å²) in [5.41, 5.74) is 0.1000. The molecule has 0 radical (unpaired) electrons. The van der Waals surface area contributed by atoms with Crippen molar-refractivity contribution in [2.75, 3.05) is 10.6 Å². The lowest BCUT2D eigenvalue weighted by molar-refractivity contribution is -0.729. The van der Waals surface area contributed by atoms with Crippen LogP contribution in [-0.4, -0.2) is 26.3 Å². The Labute approximate surface area is 238 Å². The lowest BCUT2D eigenvalue weighted by Crippen LogP contribution is -2.18. The third-order valence-corrected chi connectivity index (χ3v) is 8.01. The van der Waals surface area contributed by atoms with Gasteiger partial charge in [-0.3, -0.25) is 9.59 Å². The lowest BCUT2D eigenvalue weighted by atomic mass is 10.1. The van der Waals surface area contributed by atoms with Crippen molar-refractivity contribution in [1.29, 1.82) is 0 Å². The van der Waals surface area contributed by atoms with E-state index in [2.05, 4.69) is 10.6 Å². The van der Waals surface area contributed by atoms with Crippen LogP contribution in [0.3, 0.4) is 0 Å². The van der Waals surface area contributed by atoms with Gasteiger partial charge in [0, 0.05) is 17.7 Å². The number of carbonyl (C=O) groups is 2. The zero-order valence-corrected chi connectivity index (χ0v) is 22.6. The Morgan fingerprint density at radius 1 is 0.892 bits per heavy atom. The van der Waals surface area contributed by atoms with Crippen molar-refractivity contribution in [2.24, 2.45) is 5.92 Å². The van der Waals surface area contributed by atoms with E-state index in [1.54, 1.807) is 0 Å². The van der Waals surface area contributed by atoms with Crippen LogP contribution in [0.15, 0.2) is 48.5 Å². The highest BCUT2D eigenvalue weighted by Crippen LogP contribution is 2.65. The van der Waals surface area contributed by atoms with Crippen molar-refractivity contribution in [3.8, 4) is 0 Å². The number of nitrogens with zero attached hydrogens (tertiary/aromatic N) is 1. The number of amides is 2. The highest BCUT2D eigenvalue weighted by atomic mass is 35.5. The van der Waals surface area contributed by atoms with E-state index in [1.807, 2.05) is 0 Å². The fourth-order valence-corrected chi connectivity index (χ4v) is 5.42. The molecule has 1 aliphatic carbocycles. The lowest BCUT2D eigenvalue weighted by Gasteiger charge is -2.10. The van der Waals surface area contributed by atoms with E-state index in [0.717, 1.165) is 18.2 Å². The van der Waals surface area contributed by atoms with Crippen LogP contribution in [0.25, 0.3) is 0 Å². The topological polar surface area (TPSA) is 98.5 Å². The molecule has 2 atom stereocenters. The molecule has 192 valence electrons. The molecule has 2 amide bonds. The van der Waals surface area contributed by atoms with Gasteiger partial charge in [-0.05, 0) is 42.0 Å². The second-order valence-electron chi connectivity index (χ2n) is 8.04. The number of hydrogen-bond donors (Lipinski definition) is 3. The van der Waals surface area contributed by atoms with Gasteiger partial charge in [0.05, 0.1) is 48.2 Å². The highest BCUT2D eigenvalue weighted by molar-refractivity contribution is 6.54. The number of nitrogens with one attached hydrogen (secondary N) is 2. The summed E-state index contributed by atoms with van der Waals surface area (Å²) in [6, 6.07) is 9.93. The van der Waals surface area contributed by atoms with Gasteiger partial charge in [0.2, 0.25) is 5.91 Å². The number of carbonyl (C=O) groups excluding carboxylic acids is 2. The Kier molecular flexibility index (Phi) is 7.82. The van der Waals surface area contributed by atoms with E-state index in [0.29, 0.717) is 5.56 Å². The Bertz CT molecular complexity index is 1450. The highest BCUT2D eigenvalue weighted by Gasteiger charge is 2.67. The van der Waals surface area contributed by atoms with Gasteiger partial charge in [-0.15, -0.1) is 23.2 Å². The maximum Gasteiger partial charge on any atom is 0.321 e. The number of anilines is 2. The first-order valence-electron chi connectivity index (χ1n) is 10.2. The van der Waals surface area contributed by atoms with Gasteiger partial charge < -0.3 is 10.6 Å². The molecule has 1 fully saturated rings. The summed E-state index contributed by atoms with van der Waals surface area (Å²) < 4.78 is 12.3. The molecule has 0 aliphatic heterocycles.